The minimum atomic E-state index is -3.48. The van der Waals surface area contributed by atoms with Gasteiger partial charge in [0.15, 0.2) is 16.3 Å². The molecule has 164 valence electrons. The Balaban J connectivity index is 1.36. The molecule has 1 saturated heterocycles. The number of amides is 1. The van der Waals surface area contributed by atoms with Crippen molar-refractivity contribution in [1.82, 2.24) is 8.87 Å². The first-order valence-electron chi connectivity index (χ1n) is 10.0. The van der Waals surface area contributed by atoms with Crippen molar-refractivity contribution in [2.75, 3.05) is 19.9 Å². The van der Waals surface area contributed by atoms with E-state index in [1.54, 1.807) is 17.5 Å². The average molecular weight is 480 g/mol. The van der Waals surface area contributed by atoms with Gasteiger partial charge in [0.2, 0.25) is 6.79 Å². The number of sulfonamides is 1. The molecule has 0 unspecified atom stereocenters. The molecule has 0 aliphatic carbocycles. The Bertz CT molecular complexity index is 1300. The summed E-state index contributed by atoms with van der Waals surface area (Å²) in [5, 5.41) is 1.75. The third kappa shape index (κ3) is 3.69. The number of thiazole rings is 1. The minimum Gasteiger partial charge on any atom is -0.454 e. The number of carbonyl (C=O) groups excluding carboxylic acids is 1. The predicted octanol–water partition coefficient (Wildman–Crippen LogP) is 3.04. The first kappa shape index (κ1) is 20.7. The molecule has 0 atom stereocenters. The second-order valence-electron chi connectivity index (χ2n) is 7.36. The number of nitrogens with zero attached hydrogens (tertiary/aromatic N) is 3. The molecule has 3 aromatic rings. The van der Waals surface area contributed by atoms with E-state index in [9.17, 15) is 13.2 Å². The van der Waals surface area contributed by atoms with E-state index in [-0.39, 0.29) is 18.6 Å². The van der Waals surface area contributed by atoms with Crippen LogP contribution in [-0.2, 0) is 21.4 Å². The van der Waals surface area contributed by atoms with Gasteiger partial charge in [-0.3, -0.25) is 4.79 Å². The van der Waals surface area contributed by atoms with Gasteiger partial charge in [0.25, 0.3) is 15.9 Å². The van der Waals surface area contributed by atoms with Crippen molar-refractivity contribution in [2.45, 2.75) is 30.5 Å². The lowest BCUT2D eigenvalue weighted by molar-refractivity contribution is -0.122. The van der Waals surface area contributed by atoms with Crippen LogP contribution in [0, 0.1) is 5.92 Å². The fourth-order valence-electron chi connectivity index (χ4n) is 3.92. The summed E-state index contributed by atoms with van der Waals surface area (Å²) in [4.78, 5) is 18.0. The smallest absolute Gasteiger partial charge is 0.252 e. The Morgan fingerprint density at radius 1 is 1.23 bits per heavy atom. The maximum absolute atomic E-state index is 12.9. The number of hydrogen-bond donors (Lipinski definition) is 0. The van der Waals surface area contributed by atoms with Crippen LogP contribution in [-0.4, -0.2) is 43.1 Å². The van der Waals surface area contributed by atoms with E-state index in [0.717, 1.165) is 10.2 Å². The highest BCUT2D eigenvalue weighted by molar-refractivity contribution is 7.91. The van der Waals surface area contributed by atoms with Crippen LogP contribution in [0.5, 0.6) is 11.5 Å². The van der Waals surface area contributed by atoms with Crippen molar-refractivity contribution in [3.8, 4) is 11.5 Å². The van der Waals surface area contributed by atoms with Crippen molar-refractivity contribution >= 4 is 48.8 Å². The maximum Gasteiger partial charge on any atom is 0.252 e. The number of thiophene rings is 1. The lowest BCUT2D eigenvalue weighted by Gasteiger charge is -2.29. The summed E-state index contributed by atoms with van der Waals surface area (Å²) < 4.78 is 41.1. The van der Waals surface area contributed by atoms with Crippen LogP contribution in [0.25, 0.3) is 10.2 Å². The lowest BCUT2D eigenvalue weighted by atomic mass is 9.98. The molecule has 0 N–H and O–H groups in total. The molecule has 1 aromatic carbocycles. The Morgan fingerprint density at radius 3 is 2.65 bits per heavy atom. The summed E-state index contributed by atoms with van der Waals surface area (Å²) in [6, 6.07) is 7.19. The topological polar surface area (TPSA) is 90.2 Å². The van der Waals surface area contributed by atoms with Crippen LogP contribution >= 0.6 is 22.7 Å². The molecule has 0 bridgehead atoms. The number of fused-ring (bicyclic) bond motifs is 2. The number of benzene rings is 1. The zero-order chi connectivity index (χ0) is 21.6. The average Bonchev–Trinajstić information content (AvgIpc) is 3.51. The van der Waals surface area contributed by atoms with Crippen molar-refractivity contribution in [3.05, 3.63) is 34.4 Å². The monoisotopic (exact) mass is 479 g/mol. The fraction of sp³-hybridized carbons (Fsp3) is 0.400. The zero-order valence-corrected chi connectivity index (χ0v) is 19.3. The number of hydrogen-bond acceptors (Lipinski definition) is 7. The van der Waals surface area contributed by atoms with Gasteiger partial charge in [-0.25, -0.2) is 8.42 Å². The maximum atomic E-state index is 12.9. The Labute approximate surface area is 187 Å². The van der Waals surface area contributed by atoms with E-state index in [0.29, 0.717) is 53.0 Å². The molecule has 2 aliphatic heterocycles. The molecular weight excluding hydrogens is 458 g/mol. The molecule has 5 rings (SSSR count). The highest BCUT2D eigenvalue weighted by Gasteiger charge is 2.32. The van der Waals surface area contributed by atoms with Gasteiger partial charge in [0.1, 0.15) is 4.21 Å². The Morgan fingerprint density at radius 2 is 1.97 bits per heavy atom. The quantitative estimate of drug-likeness (QED) is 0.574. The molecule has 2 aliphatic rings. The number of ether oxygens (including phenoxy) is 2. The molecule has 4 heterocycles. The van der Waals surface area contributed by atoms with Gasteiger partial charge in [-0.15, -0.1) is 11.3 Å². The van der Waals surface area contributed by atoms with Crippen LogP contribution in [0.2, 0.25) is 0 Å². The van der Waals surface area contributed by atoms with Crippen LogP contribution in [0.1, 0.15) is 19.8 Å². The number of piperidine rings is 1. The molecule has 0 saturated carbocycles. The Hall–Kier alpha value is -2.21. The van der Waals surface area contributed by atoms with Crippen LogP contribution in [0.3, 0.4) is 0 Å². The first-order chi connectivity index (χ1) is 15.0. The van der Waals surface area contributed by atoms with Gasteiger partial charge >= 0.3 is 0 Å². The van der Waals surface area contributed by atoms with Crippen LogP contribution in [0.15, 0.2) is 38.8 Å². The summed E-state index contributed by atoms with van der Waals surface area (Å²) in [5.41, 5.74) is 0.958. The Kier molecular flexibility index (Phi) is 5.37. The highest BCUT2D eigenvalue weighted by atomic mass is 32.2. The van der Waals surface area contributed by atoms with Gasteiger partial charge < -0.3 is 14.0 Å². The second-order valence-corrected chi connectivity index (χ2v) is 11.5. The summed E-state index contributed by atoms with van der Waals surface area (Å²) in [6.07, 6.45) is 0.944. The summed E-state index contributed by atoms with van der Waals surface area (Å²) in [6.45, 7) is 3.55. The molecule has 1 fully saturated rings. The van der Waals surface area contributed by atoms with E-state index in [1.165, 1.54) is 27.0 Å². The molecule has 0 radical (unpaired) electrons. The highest BCUT2D eigenvalue weighted by Crippen LogP contribution is 2.37. The molecule has 1 amide bonds. The van der Waals surface area contributed by atoms with Crippen molar-refractivity contribution in [3.63, 3.8) is 0 Å². The van der Waals surface area contributed by atoms with Crippen molar-refractivity contribution in [1.29, 1.82) is 0 Å². The van der Waals surface area contributed by atoms with Gasteiger partial charge in [-0.2, -0.15) is 9.30 Å². The van der Waals surface area contributed by atoms with E-state index in [4.69, 9.17) is 9.47 Å². The number of rotatable bonds is 4. The third-order valence-corrected chi connectivity index (χ3v) is 9.90. The number of aromatic nitrogens is 1. The minimum absolute atomic E-state index is 0.193. The summed E-state index contributed by atoms with van der Waals surface area (Å²) in [5.74, 6) is 0.933. The van der Waals surface area contributed by atoms with E-state index in [2.05, 4.69) is 4.99 Å². The molecule has 2 aromatic heterocycles. The largest absolute Gasteiger partial charge is 0.454 e. The first-order valence-corrected chi connectivity index (χ1v) is 13.2. The summed E-state index contributed by atoms with van der Waals surface area (Å²) in [7, 11) is -3.48. The standard InChI is InChI=1S/C20H21N3O5S3/c1-2-23-14-10-15-16(28-12-27-15)11-17(14)30-20(23)21-19(24)13-5-7-22(8-6-13)31(25,26)18-4-3-9-29-18/h3-4,9-11,13H,2,5-8,12H2,1H3. The molecule has 8 nitrogen and oxygen atoms in total. The van der Waals surface area contributed by atoms with E-state index >= 15 is 0 Å². The second kappa shape index (κ2) is 8.05. The molecular formula is C20H21N3O5S3. The van der Waals surface area contributed by atoms with Gasteiger partial charge in [-0.05, 0) is 31.2 Å². The van der Waals surface area contributed by atoms with Gasteiger partial charge in [-0.1, -0.05) is 17.4 Å². The number of carbonyl (C=O) groups is 1. The van der Waals surface area contributed by atoms with Gasteiger partial charge in [0, 0.05) is 37.7 Å². The SMILES string of the molecule is CCn1c(=NC(=O)C2CCN(S(=O)(=O)c3cccs3)CC2)sc2cc3c(cc21)OCO3. The molecule has 31 heavy (non-hydrogen) atoms. The summed E-state index contributed by atoms with van der Waals surface area (Å²) >= 11 is 2.66. The van der Waals surface area contributed by atoms with E-state index < -0.39 is 10.0 Å². The fourth-order valence-corrected chi connectivity index (χ4v) is 7.64. The molecule has 11 heteroatoms. The normalized spacial score (nSPS) is 18.2. The number of aryl methyl sites for hydroxylation is 1. The van der Waals surface area contributed by atoms with E-state index in [1.807, 2.05) is 23.6 Å². The third-order valence-electron chi connectivity index (χ3n) is 5.59. The predicted molar refractivity (Wildman–Crippen MR) is 118 cm³/mol. The van der Waals surface area contributed by atoms with Crippen LogP contribution in [0.4, 0.5) is 0 Å². The zero-order valence-electron chi connectivity index (χ0n) is 16.8. The van der Waals surface area contributed by atoms with Crippen molar-refractivity contribution in [2.24, 2.45) is 10.9 Å². The van der Waals surface area contributed by atoms with Crippen LogP contribution < -0.4 is 14.3 Å². The van der Waals surface area contributed by atoms with Gasteiger partial charge in [0.05, 0.1) is 10.2 Å². The lowest BCUT2D eigenvalue weighted by Crippen LogP contribution is -2.40. The van der Waals surface area contributed by atoms with Crippen molar-refractivity contribution < 1.29 is 22.7 Å². The molecule has 0 spiro atoms.